The summed E-state index contributed by atoms with van der Waals surface area (Å²) in [6, 6.07) is 4.85. The van der Waals surface area contributed by atoms with Crippen molar-refractivity contribution in [3.63, 3.8) is 0 Å². The molecular weight excluding hydrogens is 363 g/mol. The van der Waals surface area contributed by atoms with Crippen LogP contribution < -0.4 is 10.6 Å². The van der Waals surface area contributed by atoms with Gasteiger partial charge in [0.2, 0.25) is 0 Å². The summed E-state index contributed by atoms with van der Waals surface area (Å²) in [5, 5.41) is 6.93. The van der Waals surface area contributed by atoms with Gasteiger partial charge in [0.1, 0.15) is 0 Å². The van der Waals surface area contributed by atoms with Crippen molar-refractivity contribution < 1.29 is 9.59 Å². The van der Waals surface area contributed by atoms with Crippen LogP contribution in [-0.4, -0.2) is 66.9 Å². The number of carbonyl (C=O) groups is 2. The highest BCUT2D eigenvalue weighted by molar-refractivity contribution is 6.42. The highest BCUT2D eigenvalue weighted by atomic mass is 35.5. The number of hydrogen-bond donors (Lipinski definition) is 2. The number of hydrogen-bond acceptors (Lipinski definition) is 4. The number of ketones is 1. The lowest BCUT2D eigenvalue weighted by Gasteiger charge is -2.34. The molecule has 3 rings (SSSR count). The third-order valence-corrected chi connectivity index (χ3v) is 5.40. The van der Waals surface area contributed by atoms with Crippen LogP contribution in [0.2, 0.25) is 10.0 Å². The van der Waals surface area contributed by atoms with E-state index < -0.39 is 0 Å². The summed E-state index contributed by atoms with van der Waals surface area (Å²) < 4.78 is 0. The Bertz CT molecular complexity index is 642. The van der Waals surface area contributed by atoms with E-state index in [1.165, 1.54) is 0 Å². The van der Waals surface area contributed by atoms with Crippen molar-refractivity contribution in [3.05, 3.63) is 28.2 Å². The van der Waals surface area contributed by atoms with E-state index in [1.807, 2.05) is 0 Å². The van der Waals surface area contributed by atoms with Gasteiger partial charge in [0.15, 0.2) is 5.78 Å². The molecule has 1 atom stereocenters. The lowest BCUT2D eigenvalue weighted by atomic mass is 10.1. The second-order valence-electron chi connectivity index (χ2n) is 6.44. The molecule has 0 radical (unpaired) electrons. The van der Waals surface area contributed by atoms with E-state index in [4.69, 9.17) is 23.2 Å². The zero-order chi connectivity index (χ0) is 17.8. The summed E-state index contributed by atoms with van der Waals surface area (Å²) in [6.07, 6.45) is 2.00. The maximum absolute atomic E-state index is 12.3. The first kappa shape index (κ1) is 18.5. The average molecular weight is 385 g/mol. The second-order valence-corrected chi connectivity index (χ2v) is 7.25. The molecular formula is C17H22Cl2N4O2. The molecule has 2 aliphatic rings. The Morgan fingerprint density at radius 2 is 1.92 bits per heavy atom. The van der Waals surface area contributed by atoms with Crippen molar-refractivity contribution >= 4 is 40.7 Å². The van der Waals surface area contributed by atoms with Gasteiger partial charge >= 0.3 is 6.03 Å². The summed E-state index contributed by atoms with van der Waals surface area (Å²) in [5.74, 6) is 0.256. The van der Waals surface area contributed by atoms with Gasteiger partial charge in [-0.05, 0) is 37.6 Å². The number of nitrogens with zero attached hydrogens (tertiary/aromatic N) is 2. The molecule has 0 unspecified atom stereocenters. The van der Waals surface area contributed by atoms with Crippen molar-refractivity contribution in [1.29, 1.82) is 0 Å². The zero-order valence-electron chi connectivity index (χ0n) is 13.9. The van der Waals surface area contributed by atoms with Crippen LogP contribution in [0.5, 0.6) is 0 Å². The standard InChI is InChI=1S/C17H22Cl2N4O2/c18-13-4-3-12(10-14(13)19)21-17(25)23-8-6-22(7-9-23)11-16(24)15-2-1-5-20-15/h3-4,10,15,20H,1-2,5-9,11H2,(H,21,25)/t15-/m0/s1. The van der Waals surface area contributed by atoms with E-state index in [0.717, 1.165) is 19.4 Å². The van der Waals surface area contributed by atoms with Gasteiger partial charge in [-0.3, -0.25) is 9.69 Å². The third-order valence-electron chi connectivity index (χ3n) is 4.66. The Morgan fingerprint density at radius 3 is 2.56 bits per heavy atom. The highest BCUT2D eigenvalue weighted by Gasteiger charge is 2.26. The van der Waals surface area contributed by atoms with Gasteiger partial charge in [0.25, 0.3) is 0 Å². The topological polar surface area (TPSA) is 64.7 Å². The average Bonchev–Trinajstić information content (AvgIpc) is 3.13. The van der Waals surface area contributed by atoms with Crippen LogP contribution in [0, 0.1) is 0 Å². The quantitative estimate of drug-likeness (QED) is 0.836. The van der Waals surface area contributed by atoms with Crippen molar-refractivity contribution in [3.8, 4) is 0 Å². The summed E-state index contributed by atoms with van der Waals surface area (Å²) in [7, 11) is 0. The number of halogens is 2. The normalized spacial score (nSPS) is 21.4. The number of piperazine rings is 1. The monoisotopic (exact) mass is 384 g/mol. The molecule has 2 aliphatic heterocycles. The predicted octanol–water partition coefficient (Wildman–Crippen LogP) is 2.46. The molecule has 8 heteroatoms. The molecule has 25 heavy (non-hydrogen) atoms. The molecule has 0 saturated carbocycles. The van der Waals surface area contributed by atoms with Gasteiger partial charge in [-0.15, -0.1) is 0 Å². The van der Waals surface area contributed by atoms with Crippen LogP contribution in [0.15, 0.2) is 18.2 Å². The number of benzene rings is 1. The van der Waals surface area contributed by atoms with Crippen LogP contribution in [0.1, 0.15) is 12.8 Å². The highest BCUT2D eigenvalue weighted by Crippen LogP contribution is 2.25. The molecule has 2 heterocycles. The summed E-state index contributed by atoms with van der Waals surface area (Å²) in [5.41, 5.74) is 0.615. The smallest absolute Gasteiger partial charge is 0.321 e. The molecule has 2 amide bonds. The predicted molar refractivity (Wildman–Crippen MR) is 99.5 cm³/mol. The molecule has 6 nitrogen and oxygen atoms in total. The second kappa shape index (κ2) is 8.36. The summed E-state index contributed by atoms with van der Waals surface area (Å²) in [6.45, 7) is 3.98. The fourth-order valence-corrected chi connectivity index (χ4v) is 3.47. The van der Waals surface area contributed by atoms with Gasteiger partial charge < -0.3 is 15.5 Å². The van der Waals surface area contributed by atoms with Crippen molar-refractivity contribution in [2.24, 2.45) is 0 Å². The number of urea groups is 1. The van der Waals surface area contributed by atoms with Gasteiger partial charge in [-0.25, -0.2) is 4.79 Å². The number of anilines is 1. The molecule has 1 aromatic rings. The Labute approximate surface area is 157 Å². The van der Waals surface area contributed by atoms with Crippen LogP contribution in [0.3, 0.4) is 0 Å². The maximum Gasteiger partial charge on any atom is 0.321 e. The Balaban J connectivity index is 1.45. The Hall–Kier alpha value is -1.34. The largest absolute Gasteiger partial charge is 0.322 e. The minimum atomic E-state index is -0.165. The number of amides is 2. The van der Waals surface area contributed by atoms with Gasteiger partial charge in [-0.2, -0.15) is 0 Å². The number of rotatable bonds is 4. The molecule has 136 valence electrons. The van der Waals surface area contributed by atoms with E-state index in [2.05, 4.69) is 15.5 Å². The zero-order valence-corrected chi connectivity index (χ0v) is 15.4. The fourth-order valence-electron chi connectivity index (χ4n) is 3.18. The van der Waals surface area contributed by atoms with Crippen LogP contribution in [0.4, 0.5) is 10.5 Å². The molecule has 0 spiro atoms. The summed E-state index contributed by atoms with van der Waals surface area (Å²) >= 11 is 11.8. The Morgan fingerprint density at radius 1 is 1.16 bits per heavy atom. The molecule has 2 fully saturated rings. The van der Waals surface area contributed by atoms with E-state index in [9.17, 15) is 9.59 Å². The third kappa shape index (κ3) is 4.85. The lowest BCUT2D eigenvalue weighted by Crippen LogP contribution is -2.52. The minimum absolute atomic E-state index is 0.0102. The maximum atomic E-state index is 12.3. The van der Waals surface area contributed by atoms with E-state index in [1.54, 1.807) is 23.1 Å². The van der Waals surface area contributed by atoms with Gasteiger partial charge in [0, 0.05) is 31.9 Å². The first-order valence-electron chi connectivity index (χ1n) is 8.52. The van der Waals surface area contributed by atoms with Crippen molar-refractivity contribution in [2.75, 3.05) is 44.6 Å². The number of Topliss-reactive ketones (excluding diaryl/α,β-unsaturated/α-hetero) is 1. The van der Waals surface area contributed by atoms with Crippen LogP contribution >= 0.6 is 23.2 Å². The number of nitrogens with one attached hydrogen (secondary N) is 2. The Kier molecular flexibility index (Phi) is 6.17. The number of carbonyl (C=O) groups excluding carboxylic acids is 2. The van der Waals surface area contributed by atoms with Gasteiger partial charge in [-0.1, -0.05) is 23.2 Å². The van der Waals surface area contributed by atoms with E-state index in [-0.39, 0.29) is 17.9 Å². The van der Waals surface area contributed by atoms with Crippen LogP contribution in [0.25, 0.3) is 0 Å². The van der Waals surface area contributed by atoms with E-state index in [0.29, 0.717) is 48.5 Å². The molecule has 0 aliphatic carbocycles. The van der Waals surface area contributed by atoms with Crippen molar-refractivity contribution in [1.82, 2.24) is 15.1 Å². The minimum Gasteiger partial charge on any atom is -0.322 e. The SMILES string of the molecule is O=C(CN1CCN(C(=O)Nc2ccc(Cl)c(Cl)c2)CC1)[C@@H]1CCCN1. The lowest BCUT2D eigenvalue weighted by molar-refractivity contribution is -0.122. The fraction of sp³-hybridized carbons (Fsp3) is 0.529. The van der Waals surface area contributed by atoms with Crippen molar-refractivity contribution in [2.45, 2.75) is 18.9 Å². The van der Waals surface area contributed by atoms with Gasteiger partial charge in [0.05, 0.1) is 22.6 Å². The molecule has 0 aromatic heterocycles. The van der Waals surface area contributed by atoms with Crippen LogP contribution in [-0.2, 0) is 4.79 Å². The summed E-state index contributed by atoms with van der Waals surface area (Å²) in [4.78, 5) is 28.4. The molecule has 2 N–H and O–H groups in total. The van der Waals surface area contributed by atoms with E-state index >= 15 is 0 Å². The molecule has 2 saturated heterocycles. The first-order chi connectivity index (χ1) is 12.0. The first-order valence-corrected chi connectivity index (χ1v) is 9.28. The molecule has 1 aromatic carbocycles. The molecule has 0 bridgehead atoms.